The van der Waals surface area contributed by atoms with Crippen LogP contribution in [0.4, 0.5) is 10.2 Å². The lowest BCUT2D eigenvalue weighted by molar-refractivity contribution is 0.0955. The van der Waals surface area contributed by atoms with Crippen molar-refractivity contribution in [2.24, 2.45) is 0 Å². The Hall–Kier alpha value is -4.56. The lowest BCUT2D eigenvalue weighted by Gasteiger charge is -2.11. The highest BCUT2D eigenvalue weighted by atomic mass is 35.5. The number of aromatic amines is 2. The molecule has 192 valence electrons. The van der Waals surface area contributed by atoms with E-state index in [2.05, 4.69) is 15.3 Å². The predicted molar refractivity (Wildman–Crippen MR) is 146 cm³/mol. The van der Waals surface area contributed by atoms with Crippen molar-refractivity contribution >= 4 is 40.0 Å². The summed E-state index contributed by atoms with van der Waals surface area (Å²) >= 11 is 6.38. The lowest BCUT2D eigenvalue weighted by atomic mass is 9.96. The maximum atomic E-state index is 15.1. The Kier molecular flexibility index (Phi) is 6.89. The van der Waals surface area contributed by atoms with Crippen LogP contribution in [0.5, 0.6) is 5.75 Å². The molecule has 0 aliphatic heterocycles. The fourth-order valence-electron chi connectivity index (χ4n) is 4.54. The molecule has 38 heavy (non-hydrogen) atoms. The monoisotopic (exact) mass is 530 g/mol. The standard InChI is InChI=1S/C29H24ClFN4O3/c1-38-18-11-9-16(10-12-18)27(36)26-24(23-20(30)6-4-7-21(23)31)25(28(32)35-26)29(37)33-14-13-17-15-34-22-8-3-2-5-19(17)22/h2-12,15,34-35H,13-14,32H2,1H3,(H,33,37). The average Bonchev–Trinajstić information content (AvgIpc) is 3.49. The minimum absolute atomic E-state index is 0.0102. The summed E-state index contributed by atoms with van der Waals surface area (Å²) in [5, 5.41) is 3.96. The first-order chi connectivity index (χ1) is 18.4. The predicted octanol–water partition coefficient (Wildman–Crippen LogP) is 5.75. The van der Waals surface area contributed by atoms with Crippen LogP contribution in [-0.2, 0) is 6.42 Å². The third-order valence-electron chi connectivity index (χ3n) is 6.40. The molecule has 5 aromatic rings. The Morgan fingerprint density at radius 3 is 2.53 bits per heavy atom. The highest BCUT2D eigenvalue weighted by Crippen LogP contribution is 2.39. The summed E-state index contributed by atoms with van der Waals surface area (Å²) in [6.45, 7) is 0.289. The fourth-order valence-corrected chi connectivity index (χ4v) is 4.79. The third kappa shape index (κ3) is 4.62. The van der Waals surface area contributed by atoms with Gasteiger partial charge in [-0.25, -0.2) is 4.39 Å². The molecule has 5 rings (SSSR count). The number of benzene rings is 3. The summed E-state index contributed by atoms with van der Waals surface area (Å²) in [6, 6.07) is 18.4. The number of hydrogen-bond donors (Lipinski definition) is 4. The van der Waals surface area contributed by atoms with Crippen molar-refractivity contribution in [3.63, 3.8) is 0 Å². The number of rotatable bonds is 8. The third-order valence-corrected chi connectivity index (χ3v) is 6.72. The zero-order valence-corrected chi connectivity index (χ0v) is 21.2. The maximum Gasteiger partial charge on any atom is 0.255 e. The Morgan fingerprint density at radius 2 is 1.79 bits per heavy atom. The van der Waals surface area contributed by atoms with E-state index >= 15 is 4.39 Å². The lowest BCUT2D eigenvalue weighted by Crippen LogP contribution is -2.26. The van der Waals surface area contributed by atoms with Crippen LogP contribution in [-0.4, -0.2) is 35.3 Å². The minimum atomic E-state index is -0.687. The van der Waals surface area contributed by atoms with E-state index in [1.165, 1.54) is 25.3 Å². The van der Waals surface area contributed by atoms with Gasteiger partial charge in [0.25, 0.3) is 5.91 Å². The van der Waals surface area contributed by atoms with E-state index < -0.39 is 17.5 Å². The van der Waals surface area contributed by atoms with Gasteiger partial charge >= 0.3 is 0 Å². The van der Waals surface area contributed by atoms with Crippen LogP contribution >= 0.6 is 11.6 Å². The number of anilines is 1. The van der Waals surface area contributed by atoms with Gasteiger partial charge in [-0.3, -0.25) is 9.59 Å². The SMILES string of the molecule is COc1ccc(C(=O)c2[nH]c(N)c(C(=O)NCCc3c[nH]c4ccccc34)c2-c2c(F)cccc2Cl)cc1. The van der Waals surface area contributed by atoms with E-state index in [1.54, 1.807) is 24.3 Å². The molecule has 0 atom stereocenters. The summed E-state index contributed by atoms with van der Waals surface area (Å²) < 4.78 is 20.3. The number of para-hydroxylation sites is 1. The number of methoxy groups -OCH3 is 1. The number of hydrogen-bond acceptors (Lipinski definition) is 4. The molecule has 0 unspecified atom stereocenters. The van der Waals surface area contributed by atoms with Gasteiger partial charge in [-0.2, -0.15) is 0 Å². The Labute approximate surface area is 222 Å². The van der Waals surface area contributed by atoms with E-state index in [-0.39, 0.29) is 39.8 Å². The summed E-state index contributed by atoms with van der Waals surface area (Å²) in [6.07, 6.45) is 2.45. The van der Waals surface area contributed by atoms with Crippen molar-refractivity contribution in [1.82, 2.24) is 15.3 Å². The Morgan fingerprint density at radius 1 is 1.03 bits per heavy atom. The van der Waals surface area contributed by atoms with Crippen molar-refractivity contribution in [3.05, 3.63) is 106 Å². The van der Waals surface area contributed by atoms with Crippen LogP contribution in [0, 0.1) is 5.82 Å². The van der Waals surface area contributed by atoms with Crippen molar-refractivity contribution in [3.8, 4) is 16.9 Å². The zero-order chi connectivity index (χ0) is 26.8. The fraction of sp³-hybridized carbons (Fsp3) is 0.103. The normalized spacial score (nSPS) is 11.0. The summed E-state index contributed by atoms with van der Waals surface area (Å²) in [7, 11) is 1.52. The van der Waals surface area contributed by atoms with E-state index in [0.717, 1.165) is 16.5 Å². The molecule has 0 spiro atoms. The van der Waals surface area contributed by atoms with Crippen molar-refractivity contribution in [1.29, 1.82) is 0 Å². The first kappa shape index (κ1) is 25.1. The maximum absolute atomic E-state index is 15.1. The van der Waals surface area contributed by atoms with Gasteiger partial charge in [0.2, 0.25) is 5.78 Å². The quantitative estimate of drug-likeness (QED) is 0.191. The molecule has 0 saturated heterocycles. The van der Waals surface area contributed by atoms with Crippen molar-refractivity contribution in [2.45, 2.75) is 6.42 Å². The second-order valence-electron chi connectivity index (χ2n) is 8.68. The van der Waals surface area contributed by atoms with Crippen molar-refractivity contribution in [2.75, 3.05) is 19.4 Å². The van der Waals surface area contributed by atoms with Gasteiger partial charge in [0, 0.05) is 40.3 Å². The first-order valence-corrected chi connectivity index (χ1v) is 12.2. The van der Waals surface area contributed by atoms with Gasteiger partial charge in [0.05, 0.1) is 23.4 Å². The van der Waals surface area contributed by atoms with E-state index in [4.69, 9.17) is 22.1 Å². The number of ether oxygens (including phenoxy) is 1. The molecule has 0 aliphatic carbocycles. The molecule has 3 aromatic carbocycles. The number of halogens is 2. The second kappa shape index (κ2) is 10.4. The average molecular weight is 531 g/mol. The van der Waals surface area contributed by atoms with Crippen molar-refractivity contribution < 1.29 is 18.7 Å². The number of aromatic nitrogens is 2. The second-order valence-corrected chi connectivity index (χ2v) is 9.09. The van der Waals surface area contributed by atoms with Gasteiger partial charge in [0.1, 0.15) is 17.4 Å². The molecule has 5 N–H and O–H groups in total. The highest BCUT2D eigenvalue weighted by molar-refractivity contribution is 6.34. The van der Waals surface area contributed by atoms with Crippen LogP contribution in [0.2, 0.25) is 5.02 Å². The van der Waals surface area contributed by atoms with E-state index in [1.807, 2.05) is 30.5 Å². The largest absolute Gasteiger partial charge is 0.497 e. The Bertz CT molecular complexity index is 1640. The van der Waals surface area contributed by atoms with Gasteiger partial charge in [-0.15, -0.1) is 0 Å². The molecule has 0 fully saturated rings. The van der Waals surface area contributed by atoms with E-state index in [0.29, 0.717) is 17.7 Å². The number of carbonyl (C=O) groups is 2. The number of fused-ring (bicyclic) bond motifs is 1. The molecule has 0 radical (unpaired) electrons. The smallest absolute Gasteiger partial charge is 0.255 e. The summed E-state index contributed by atoms with van der Waals surface area (Å²) in [4.78, 5) is 33.0. The number of nitrogens with two attached hydrogens (primary N) is 1. The number of carbonyl (C=O) groups excluding carboxylic acids is 2. The molecule has 1 amide bonds. The number of nitrogens with one attached hydrogen (secondary N) is 3. The molecule has 9 heteroatoms. The molecular formula is C29H24ClFN4O3. The molecule has 7 nitrogen and oxygen atoms in total. The van der Waals surface area contributed by atoms with Gasteiger partial charge in [-0.05, 0) is 54.4 Å². The highest BCUT2D eigenvalue weighted by Gasteiger charge is 2.30. The van der Waals surface area contributed by atoms with E-state index in [9.17, 15) is 9.59 Å². The molecular weight excluding hydrogens is 507 g/mol. The first-order valence-electron chi connectivity index (χ1n) is 11.9. The topological polar surface area (TPSA) is 113 Å². The molecule has 0 aliphatic rings. The minimum Gasteiger partial charge on any atom is -0.497 e. The number of amides is 1. The van der Waals surface area contributed by atoms with Crippen LogP contribution in [0.1, 0.15) is 32.0 Å². The molecule has 0 bridgehead atoms. The molecule has 0 saturated carbocycles. The van der Waals surface area contributed by atoms with Crippen LogP contribution in [0.3, 0.4) is 0 Å². The molecule has 2 heterocycles. The summed E-state index contributed by atoms with van der Waals surface area (Å²) in [5.41, 5.74) is 8.40. The Balaban J connectivity index is 1.51. The van der Waals surface area contributed by atoms with Crippen LogP contribution < -0.4 is 15.8 Å². The summed E-state index contributed by atoms with van der Waals surface area (Å²) in [5.74, 6) is -1.22. The van der Waals surface area contributed by atoms with Crippen LogP contribution in [0.25, 0.3) is 22.0 Å². The number of nitrogen functional groups attached to an aromatic ring is 1. The number of ketones is 1. The number of H-pyrrole nitrogens is 2. The zero-order valence-electron chi connectivity index (χ0n) is 20.4. The van der Waals surface area contributed by atoms with Gasteiger partial charge < -0.3 is 25.8 Å². The van der Waals surface area contributed by atoms with Gasteiger partial charge in [0.15, 0.2) is 0 Å². The molecule has 2 aromatic heterocycles. The van der Waals surface area contributed by atoms with Crippen LogP contribution in [0.15, 0.2) is 72.9 Å². The van der Waals surface area contributed by atoms with Gasteiger partial charge in [-0.1, -0.05) is 35.9 Å².